The van der Waals surface area contributed by atoms with Gasteiger partial charge in [-0.3, -0.25) is 0 Å². The van der Waals surface area contributed by atoms with Crippen LogP contribution in [0.1, 0.15) is 33.6 Å². The average Bonchev–Trinajstić information content (AvgIpc) is 3.11. The highest BCUT2D eigenvalue weighted by atomic mass is 79.9. The Hall–Kier alpha value is -2.79. The minimum absolute atomic E-state index is 0.00744. The Kier molecular flexibility index (Phi) is 5.98. The maximum absolute atomic E-state index is 14.8. The van der Waals surface area contributed by atoms with Crippen molar-refractivity contribution in [3.8, 4) is 5.75 Å². The molecule has 1 aliphatic carbocycles. The molecule has 2 fully saturated rings. The Morgan fingerprint density at radius 3 is 2.78 bits per heavy atom. The van der Waals surface area contributed by atoms with Gasteiger partial charge in [-0.05, 0) is 49.5 Å². The van der Waals surface area contributed by atoms with Crippen LogP contribution in [-0.2, 0) is 4.74 Å². The van der Waals surface area contributed by atoms with Crippen molar-refractivity contribution in [1.29, 1.82) is 0 Å². The van der Waals surface area contributed by atoms with E-state index in [1.165, 1.54) is 7.05 Å². The van der Waals surface area contributed by atoms with Crippen molar-refractivity contribution in [2.24, 2.45) is 5.41 Å². The van der Waals surface area contributed by atoms with Gasteiger partial charge in [0, 0.05) is 49.2 Å². The van der Waals surface area contributed by atoms with E-state index in [0.29, 0.717) is 28.5 Å². The molecule has 0 radical (unpaired) electrons. The first-order valence-electron chi connectivity index (χ1n) is 11.5. The zero-order valence-corrected chi connectivity index (χ0v) is 22.6. The van der Waals surface area contributed by atoms with E-state index in [-0.39, 0.29) is 22.2 Å². The summed E-state index contributed by atoms with van der Waals surface area (Å²) >= 11 is 10.1. The number of amides is 2. The fourth-order valence-corrected chi connectivity index (χ4v) is 5.77. The van der Waals surface area contributed by atoms with Crippen molar-refractivity contribution in [1.82, 2.24) is 20.6 Å². The summed E-state index contributed by atoms with van der Waals surface area (Å²) < 4.78 is 26.3. The summed E-state index contributed by atoms with van der Waals surface area (Å²) in [6, 6.07) is 1.09. The van der Waals surface area contributed by atoms with Crippen molar-refractivity contribution in [3.05, 3.63) is 27.6 Å². The normalized spacial score (nSPS) is 21.3. The number of halogens is 3. The fourth-order valence-electron chi connectivity index (χ4n) is 4.97. The number of nitrogens with zero attached hydrogens (tertiary/aromatic N) is 2. The first kappa shape index (κ1) is 24.9. The summed E-state index contributed by atoms with van der Waals surface area (Å²) in [7, 11) is 1.42. The van der Waals surface area contributed by atoms with Crippen molar-refractivity contribution in [3.63, 3.8) is 0 Å². The standard InChI is InChI=1S/C24H26BrClFN5O4/c1-23(2,3)36-22(34)30-14-8-24(14)5-6-32(10-24)19-11(25)9-29-20-16(19)15-17(26)12(27)7-13(18(15)31-20)35-21(33)28-4/h7,9,14H,5-6,8,10H2,1-4H3,(H,28,33)(H,29,31)(H,30,34)/t14-,24+/m1/s1. The average molecular weight is 583 g/mol. The second-order valence-corrected chi connectivity index (χ2v) is 11.5. The molecule has 0 unspecified atom stereocenters. The van der Waals surface area contributed by atoms with Gasteiger partial charge in [0.05, 0.1) is 26.1 Å². The number of fused-ring (bicyclic) bond motifs is 3. The number of nitrogens with one attached hydrogen (secondary N) is 3. The number of hydrogen-bond donors (Lipinski definition) is 3. The van der Waals surface area contributed by atoms with E-state index in [2.05, 4.69) is 41.4 Å². The SMILES string of the molecule is CNC(=O)Oc1cc(F)c(Cl)c2c1[nH]c1ncc(Br)c(N3CC[C@]4(C[C@H]4NC(=O)OC(C)(C)C)C3)c12. The molecule has 3 aromatic rings. The monoisotopic (exact) mass is 581 g/mol. The van der Waals surface area contributed by atoms with E-state index in [9.17, 15) is 14.0 Å². The van der Waals surface area contributed by atoms with Crippen molar-refractivity contribution >= 4 is 67.3 Å². The number of benzene rings is 1. The molecule has 1 saturated carbocycles. The topological polar surface area (TPSA) is 109 Å². The number of pyridine rings is 1. The smallest absolute Gasteiger partial charge is 0.412 e. The number of aromatic amines is 1. The van der Waals surface area contributed by atoms with Crippen LogP contribution in [0.25, 0.3) is 21.9 Å². The minimum Gasteiger partial charge on any atom is -0.444 e. The molecule has 5 rings (SSSR count). The summed E-state index contributed by atoms with van der Waals surface area (Å²) in [5.74, 6) is -0.704. The molecule has 3 heterocycles. The molecule has 1 spiro atoms. The molecule has 12 heteroatoms. The predicted octanol–water partition coefficient (Wildman–Crippen LogP) is 5.48. The number of carbonyl (C=O) groups excluding carboxylic acids is 2. The Morgan fingerprint density at radius 1 is 1.33 bits per heavy atom. The molecule has 36 heavy (non-hydrogen) atoms. The van der Waals surface area contributed by atoms with Gasteiger partial charge in [-0.2, -0.15) is 0 Å². The van der Waals surface area contributed by atoms with E-state index < -0.39 is 23.6 Å². The summed E-state index contributed by atoms with van der Waals surface area (Å²) in [5, 5.41) is 6.27. The summed E-state index contributed by atoms with van der Waals surface area (Å²) in [5.41, 5.74) is 1.03. The Balaban J connectivity index is 1.51. The van der Waals surface area contributed by atoms with Crippen LogP contribution in [0.15, 0.2) is 16.7 Å². The van der Waals surface area contributed by atoms with Crippen LogP contribution in [0.2, 0.25) is 5.02 Å². The summed E-state index contributed by atoms with van der Waals surface area (Å²) in [6.45, 7) is 6.91. The van der Waals surface area contributed by atoms with Gasteiger partial charge in [0.1, 0.15) is 17.1 Å². The van der Waals surface area contributed by atoms with E-state index in [0.717, 1.165) is 35.6 Å². The van der Waals surface area contributed by atoms with E-state index in [1.54, 1.807) is 6.20 Å². The maximum atomic E-state index is 14.8. The number of aromatic nitrogens is 2. The number of carbonyl (C=O) groups is 2. The fraction of sp³-hybridized carbons (Fsp3) is 0.458. The van der Waals surface area contributed by atoms with Crippen LogP contribution in [0.4, 0.5) is 19.7 Å². The van der Waals surface area contributed by atoms with Crippen LogP contribution in [0, 0.1) is 11.2 Å². The van der Waals surface area contributed by atoms with Crippen molar-refractivity contribution in [2.75, 3.05) is 25.0 Å². The lowest BCUT2D eigenvalue weighted by Gasteiger charge is -2.22. The van der Waals surface area contributed by atoms with Gasteiger partial charge in [0.15, 0.2) is 5.75 Å². The van der Waals surface area contributed by atoms with Crippen LogP contribution < -0.4 is 20.3 Å². The van der Waals surface area contributed by atoms with Gasteiger partial charge in [-0.15, -0.1) is 0 Å². The van der Waals surface area contributed by atoms with Gasteiger partial charge >= 0.3 is 12.2 Å². The zero-order valence-electron chi connectivity index (χ0n) is 20.2. The van der Waals surface area contributed by atoms with Crippen LogP contribution in [-0.4, -0.2) is 53.9 Å². The number of H-pyrrole nitrogens is 1. The lowest BCUT2D eigenvalue weighted by Crippen LogP contribution is -2.36. The molecule has 1 aromatic carbocycles. The second kappa shape index (κ2) is 8.65. The number of rotatable bonds is 3. The molecule has 192 valence electrons. The maximum Gasteiger partial charge on any atom is 0.412 e. The van der Waals surface area contributed by atoms with Gasteiger partial charge in [0.2, 0.25) is 0 Å². The predicted molar refractivity (Wildman–Crippen MR) is 138 cm³/mol. The molecular weight excluding hydrogens is 557 g/mol. The molecular formula is C24H26BrClFN5O4. The van der Waals surface area contributed by atoms with E-state index >= 15 is 0 Å². The Labute approximate surface area is 220 Å². The van der Waals surface area contributed by atoms with Gasteiger partial charge < -0.3 is 30.0 Å². The molecule has 3 N–H and O–H groups in total. The third kappa shape index (κ3) is 4.32. The molecule has 2 atom stereocenters. The van der Waals surface area contributed by atoms with E-state index in [1.807, 2.05) is 20.8 Å². The molecule has 1 saturated heterocycles. The second-order valence-electron chi connectivity index (χ2n) is 10.3. The lowest BCUT2D eigenvalue weighted by atomic mass is 10.1. The lowest BCUT2D eigenvalue weighted by molar-refractivity contribution is 0.0516. The molecule has 2 amide bonds. The first-order chi connectivity index (χ1) is 16.9. The number of anilines is 1. The van der Waals surface area contributed by atoms with Gasteiger partial charge in [-0.1, -0.05) is 11.6 Å². The van der Waals surface area contributed by atoms with Crippen molar-refractivity contribution < 1.29 is 23.5 Å². The minimum atomic E-state index is -0.732. The molecule has 9 nitrogen and oxygen atoms in total. The van der Waals surface area contributed by atoms with Gasteiger partial charge in [0.25, 0.3) is 0 Å². The molecule has 1 aliphatic heterocycles. The van der Waals surface area contributed by atoms with Crippen LogP contribution in [0.3, 0.4) is 0 Å². The van der Waals surface area contributed by atoms with E-state index in [4.69, 9.17) is 21.1 Å². The Morgan fingerprint density at radius 2 is 2.08 bits per heavy atom. The molecule has 2 aliphatic rings. The highest BCUT2D eigenvalue weighted by Gasteiger charge is 2.58. The Bertz CT molecular complexity index is 1410. The highest BCUT2D eigenvalue weighted by molar-refractivity contribution is 9.10. The number of alkyl carbamates (subject to hydrolysis) is 1. The first-order valence-corrected chi connectivity index (χ1v) is 12.7. The van der Waals surface area contributed by atoms with Crippen LogP contribution >= 0.6 is 27.5 Å². The van der Waals surface area contributed by atoms with Crippen LogP contribution in [0.5, 0.6) is 5.75 Å². The number of hydrogen-bond acceptors (Lipinski definition) is 6. The summed E-state index contributed by atoms with van der Waals surface area (Å²) in [4.78, 5) is 33.9. The largest absolute Gasteiger partial charge is 0.444 e. The van der Waals surface area contributed by atoms with Gasteiger partial charge in [-0.25, -0.2) is 19.0 Å². The summed E-state index contributed by atoms with van der Waals surface area (Å²) in [6.07, 6.45) is 2.24. The third-order valence-corrected chi connectivity index (χ3v) is 7.62. The quantitative estimate of drug-likeness (QED) is 0.377. The number of ether oxygens (including phenoxy) is 2. The molecule has 2 aromatic heterocycles. The third-order valence-electron chi connectivity index (χ3n) is 6.67. The highest BCUT2D eigenvalue weighted by Crippen LogP contribution is 2.55. The molecule has 0 bridgehead atoms. The zero-order chi connectivity index (χ0) is 26.0. The van der Waals surface area contributed by atoms with Crippen molar-refractivity contribution in [2.45, 2.75) is 45.3 Å².